The molecule has 0 saturated carbocycles. The van der Waals surface area contributed by atoms with E-state index in [9.17, 15) is 9.90 Å². The second-order valence-corrected chi connectivity index (χ2v) is 6.74. The molecule has 0 saturated heterocycles. The van der Waals surface area contributed by atoms with Crippen LogP contribution in [0.2, 0.25) is 10.0 Å². The molecule has 1 aliphatic carbocycles. The molecule has 2 amide bonds. The van der Waals surface area contributed by atoms with E-state index in [2.05, 4.69) is 10.3 Å². The molecule has 1 heterocycles. The summed E-state index contributed by atoms with van der Waals surface area (Å²) < 4.78 is 0. The Morgan fingerprint density at radius 2 is 2.12 bits per heavy atom. The van der Waals surface area contributed by atoms with Crippen molar-refractivity contribution in [3.63, 3.8) is 0 Å². The number of hydrogen-bond donors (Lipinski definition) is 2. The van der Waals surface area contributed by atoms with Crippen molar-refractivity contribution in [2.24, 2.45) is 0 Å². The van der Waals surface area contributed by atoms with E-state index in [1.165, 1.54) is 4.90 Å². The molecule has 1 aliphatic rings. The molecular weight excluding hydrogens is 349 g/mol. The molecule has 2 aromatic rings. The van der Waals surface area contributed by atoms with Gasteiger partial charge in [0.1, 0.15) is 0 Å². The Hall–Kier alpha value is -1.82. The van der Waals surface area contributed by atoms with E-state index in [-0.39, 0.29) is 6.03 Å². The number of carbonyl (C=O) groups is 1. The number of pyridine rings is 1. The topological polar surface area (TPSA) is 65.5 Å². The van der Waals surface area contributed by atoms with Crippen molar-refractivity contribution >= 4 is 34.9 Å². The summed E-state index contributed by atoms with van der Waals surface area (Å²) in [7, 11) is 1.64. The zero-order chi connectivity index (χ0) is 17.4. The van der Waals surface area contributed by atoms with Gasteiger partial charge in [-0.15, -0.1) is 0 Å². The van der Waals surface area contributed by atoms with Crippen LogP contribution < -0.4 is 5.32 Å². The lowest BCUT2D eigenvalue weighted by molar-refractivity contribution is 0.0934. The molecule has 126 valence electrons. The van der Waals surface area contributed by atoms with Gasteiger partial charge in [-0.05, 0) is 42.3 Å². The Bertz CT molecular complexity index is 797. The van der Waals surface area contributed by atoms with E-state index in [0.29, 0.717) is 22.2 Å². The molecule has 5 nitrogen and oxygen atoms in total. The lowest BCUT2D eigenvalue weighted by Gasteiger charge is -2.28. The van der Waals surface area contributed by atoms with Crippen molar-refractivity contribution in [2.75, 3.05) is 12.4 Å². The van der Waals surface area contributed by atoms with Gasteiger partial charge >= 0.3 is 6.03 Å². The first kappa shape index (κ1) is 17.0. The van der Waals surface area contributed by atoms with E-state index in [4.69, 9.17) is 23.2 Å². The van der Waals surface area contributed by atoms with Crippen molar-refractivity contribution in [3.05, 3.63) is 57.3 Å². The maximum atomic E-state index is 12.6. The molecule has 3 rings (SSSR count). The second-order valence-electron chi connectivity index (χ2n) is 5.90. The van der Waals surface area contributed by atoms with Gasteiger partial charge in [0.15, 0.2) is 0 Å². The Morgan fingerprint density at radius 1 is 1.38 bits per heavy atom. The highest BCUT2D eigenvalue weighted by atomic mass is 35.5. The summed E-state index contributed by atoms with van der Waals surface area (Å²) in [5.41, 5.74) is 3.07. The molecule has 0 aliphatic heterocycles. The molecule has 24 heavy (non-hydrogen) atoms. The second kappa shape index (κ2) is 6.59. The maximum Gasteiger partial charge on any atom is 0.322 e. The van der Waals surface area contributed by atoms with Crippen LogP contribution in [-0.2, 0) is 6.42 Å². The minimum Gasteiger partial charge on any atom is -0.390 e. The summed E-state index contributed by atoms with van der Waals surface area (Å²) in [4.78, 5) is 18.1. The predicted molar refractivity (Wildman–Crippen MR) is 94.7 cm³/mol. The quantitative estimate of drug-likeness (QED) is 0.849. The third-order valence-electron chi connectivity index (χ3n) is 4.18. The summed E-state index contributed by atoms with van der Waals surface area (Å²) in [6.07, 6.45) is 1.29. The number of halogens is 2. The molecule has 2 N–H and O–H groups in total. The molecule has 0 bridgehead atoms. The highest BCUT2D eigenvalue weighted by Crippen LogP contribution is 2.40. The number of aryl methyl sites for hydroxylation is 1. The molecule has 7 heteroatoms. The standard InChI is InChI=1S/C17H17Cl2N3O2/c1-9-5-11(3-4-20-9)21-17(24)22(2)16-13-6-10(18)7-14(19)12(13)8-15(16)23/h3-7,15-16,23H,8H2,1-2H3,(H,20,21,24)/t15-,16+/m0/s1. The lowest BCUT2D eigenvalue weighted by atomic mass is 10.1. The van der Waals surface area contributed by atoms with Crippen LogP contribution >= 0.6 is 23.2 Å². The molecule has 1 aromatic heterocycles. The van der Waals surface area contributed by atoms with E-state index in [0.717, 1.165) is 16.8 Å². The highest BCUT2D eigenvalue weighted by molar-refractivity contribution is 6.35. The van der Waals surface area contributed by atoms with Crippen LogP contribution in [0.15, 0.2) is 30.5 Å². The number of nitrogens with one attached hydrogen (secondary N) is 1. The number of nitrogens with zero attached hydrogens (tertiary/aromatic N) is 2. The first-order valence-electron chi connectivity index (χ1n) is 7.49. The average molecular weight is 366 g/mol. The van der Waals surface area contributed by atoms with Gasteiger partial charge in [-0.3, -0.25) is 4.98 Å². The fourth-order valence-corrected chi connectivity index (χ4v) is 3.65. The van der Waals surface area contributed by atoms with Crippen LogP contribution in [-0.4, -0.2) is 34.2 Å². The first-order valence-corrected chi connectivity index (χ1v) is 8.24. The molecule has 0 spiro atoms. The molecule has 0 fully saturated rings. The number of aliphatic hydroxyl groups is 1. The molecular formula is C17H17Cl2N3O2. The number of carbonyl (C=O) groups excluding carboxylic acids is 1. The van der Waals surface area contributed by atoms with Crippen LogP contribution in [0.1, 0.15) is 22.9 Å². The Balaban J connectivity index is 1.85. The largest absolute Gasteiger partial charge is 0.390 e. The maximum absolute atomic E-state index is 12.6. The van der Waals surface area contributed by atoms with Crippen molar-refractivity contribution in [3.8, 4) is 0 Å². The number of urea groups is 1. The Labute approximate surface area is 150 Å². The van der Waals surface area contributed by atoms with Crippen molar-refractivity contribution in [2.45, 2.75) is 25.5 Å². The van der Waals surface area contributed by atoms with E-state index in [1.54, 1.807) is 37.5 Å². The van der Waals surface area contributed by atoms with E-state index in [1.807, 2.05) is 6.92 Å². The number of benzene rings is 1. The van der Waals surface area contributed by atoms with Gasteiger partial charge in [0.05, 0.1) is 12.1 Å². The van der Waals surface area contributed by atoms with E-state index < -0.39 is 12.1 Å². The third kappa shape index (κ3) is 3.20. The number of aromatic nitrogens is 1. The molecule has 0 unspecified atom stereocenters. The average Bonchev–Trinajstić information content (AvgIpc) is 2.83. The fourth-order valence-electron chi connectivity index (χ4n) is 3.06. The number of aliphatic hydroxyl groups excluding tert-OH is 1. The SMILES string of the molecule is Cc1cc(NC(=O)N(C)[C@@H]2c3cc(Cl)cc(Cl)c3C[C@@H]2O)ccn1. The molecule has 1 aromatic carbocycles. The van der Waals surface area contributed by atoms with Crippen molar-refractivity contribution in [1.29, 1.82) is 0 Å². The zero-order valence-electron chi connectivity index (χ0n) is 13.3. The zero-order valence-corrected chi connectivity index (χ0v) is 14.8. The summed E-state index contributed by atoms with van der Waals surface area (Å²) >= 11 is 12.3. The number of rotatable bonds is 2. The molecule has 0 radical (unpaired) electrons. The van der Waals surface area contributed by atoms with Gasteiger partial charge in [-0.25, -0.2) is 4.79 Å². The summed E-state index contributed by atoms with van der Waals surface area (Å²) in [6.45, 7) is 1.85. The van der Waals surface area contributed by atoms with Crippen LogP contribution in [0.3, 0.4) is 0 Å². The van der Waals surface area contributed by atoms with Crippen LogP contribution in [0.25, 0.3) is 0 Å². The normalized spacial score (nSPS) is 19.0. The van der Waals surface area contributed by atoms with Crippen LogP contribution in [0.4, 0.5) is 10.5 Å². The lowest BCUT2D eigenvalue weighted by Crippen LogP contribution is -2.38. The van der Waals surface area contributed by atoms with Gasteiger partial charge < -0.3 is 15.3 Å². The Kier molecular flexibility index (Phi) is 4.67. The Morgan fingerprint density at radius 3 is 2.83 bits per heavy atom. The van der Waals surface area contributed by atoms with Crippen molar-refractivity contribution < 1.29 is 9.90 Å². The number of anilines is 1. The summed E-state index contributed by atoms with van der Waals surface area (Å²) in [5, 5.41) is 14.2. The number of amides is 2. The minimum absolute atomic E-state index is 0.325. The van der Waals surface area contributed by atoms with Crippen LogP contribution in [0.5, 0.6) is 0 Å². The highest BCUT2D eigenvalue weighted by Gasteiger charge is 2.37. The van der Waals surface area contributed by atoms with Gasteiger partial charge in [0.25, 0.3) is 0 Å². The van der Waals surface area contributed by atoms with Crippen LogP contribution in [0, 0.1) is 6.92 Å². The van der Waals surface area contributed by atoms with Gasteiger partial charge in [0.2, 0.25) is 0 Å². The van der Waals surface area contributed by atoms with E-state index >= 15 is 0 Å². The third-order valence-corrected chi connectivity index (χ3v) is 4.73. The smallest absolute Gasteiger partial charge is 0.322 e. The summed E-state index contributed by atoms with van der Waals surface area (Å²) in [5.74, 6) is 0. The van der Waals surface area contributed by atoms with Gasteiger partial charge in [-0.2, -0.15) is 0 Å². The first-order chi connectivity index (χ1) is 11.4. The van der Waals surface area contributed by atoms with Gasteiger partial charge in [-0.1, -0.05) is 23.2 Å². The minimum atomic E-state index is -0.731. The fraction of sp³-hybridized carbons (Fsp3) is 0.294. The van der Waals surface area contributed by atoms with Crippen molar-refractivity contribution in [1.82, 2.24) is 9.88 Å². The molecule has 2 atom stereocenters. The number of likely N-dealkylation sites (N-methyl/N-ethyl adjacent to an activating group) is 1. The monoisotopic (exact) mass is 365 g/mol. The summed E-state index contributed by atoms with van der Waals surface area (Å²) in [6, 6.07) is 6.07. The number of hydrogen-bond acceptors (Lipinski definition) is 3. The predicted octanol–water partition coefficient (Wildman–Crippen LogP) is 3.82. The number of fused-ring (bicyclic) bond motifs is 1. The van der Waals surface area contributed by atoms with Gasteiger partial charge in [0, 0.05) is 41.1 Å².